The number of carbonyl (C=O) groups excluding carboxylic acids is 1. The van der Waals surface area contributed by atoms with Crippen molar-refractivity contribution in [1.82, 2.24) is 5.32 Å². The number of hydrogen-bond donors (Lipinski definition) is 1. The maximum Gasteiger partial charge on any atom is 0.408 e. The van der Waals surface area contributed by atoms with E-state index in [9.17, 15) is 13.8 Å². The topological polar surface area (TPSA) is 64.6 Å². The summed E-state index contributed by atoms with van der Waals surface area (Å²) in [6, 6.07) is 15.4. The molecule has 0 aromatic heterocycles. The van der Waals surface area contributed by atoms with Crippen molar-refractivity contribution >= 4 is 13.5 Å². The number of nitrogens with one attached hydrogen (secondary N) is 1. The first kappa shape index (κ1) is 21.3. The molecule has 1 amide bonds. The van der Waals surface area contributed by atoms with Crippen LogP contribution in [0.4, 0.5) is 9.18 Å². The van der Waals surface area contributed by atoms with Crippen LogP contribution >= 0.6 is 7.37 Å². The zero-order valence-corrected chi connectivity index (χ0v) is 17.2. The highest BCUT2D eigenvalue weighted by Gasteiger charge is 2.66. The van der Waals surface area contributed by atoms with Crippen molar-refractivity contribution in [2.75, 3.05) is 6.61 Å². The molecule has 7 heteroatoms. The first-order valence-corrected chi connectivity index (χ1v) is 11.3. The smallest absolute Gasteiger partial charge is 0.408 e. The quantitative estimate of drug-likeness (QED) is 0.434. The Bertz CT molecular complexity index is 920. The molecule has 29 heavy (non-hydrogen) atoms. The van der Waals surface area contributed by atoms with Crippen molar-refractivity contribution < 1.29 is 23.0 Å². The summed E-state index contributed by atoms with van der Waals surface area (Å²) in [7, 11) is -3.51. The molecule has 1 N–H and O–H groups in total. The molecule has 154 valence electrons. The molecule has 1 aliphatic carbocycles. The number of hydrogen-bond acceptors (Lipinski definition) is 4. The number of amides is 1. The molecule has 0 aliphatic heterocycles. The molecule has 0 saturated heterocycles. The van der Waals surface area contributed by atoms with E-state index in [1.54, 1.807) is 31.2 Å². The van der Waals surface area contributed by atoms with Gasteiger partial charge in [0.05, 0.1) is 12.8 Å². The molecule has 2 aromatic rings. The minimum absolute atomic E-state index is 0.0910. The average molecular weight is 417 g/mol. The largest absolute Gasteiger partial charge is 0.445 e. The molecule has 3 rings (SSSR count). The predicted octanol–water partition coefficient (Wildman–Crippen LogP) is 5.47. The minimum atomic E-state index is -3.51. The normalized spacial score (nSPS) is 22.3. The molecule has 1 saturated carbocycles. The van der Waals surface area contributed by atoms with Crippen LogP contribution in [0, 0.1) is 11.7 Å². The van der Waals surface area contributed by atoms with E-state index in [2.05, 4.69) is 11.9 Å². The Morgan fingerprint density at radius 3 is 2.59 bits per heavy atom. The molecule has 3 unspecified atom stereocenters. The first-order valence-electron chi connectivity index (χ1n) is 9.52. The van der Waals surface area contributed by atoms with Crippen LogP contribution < -0.4 is 5.32 Å². The van der Waals surface area contributed by atoms with E-state index in [4.69, 9.17) is 9.26 Å². The second-order valence-corrected chi connectivity index (χ2v) is 9.72. The van der Waals surface area contributed by atoms with Crippen LogP contribution in [0.3, 0.4) is 0 Å². The van der Waals surface area contributed by atoms with Gasteiger partial charge in [0.1, 0.15) is 17.7 Å². The second-order valence-electron chi connectivity index (χ2n) is 7.00. The summed E-state index contributed by atoms with van der Waals surface area (Å²) in [5, 5.41) is 1.62. The van der Waals surface area contributed by atoms with E-state index in [-0.39, 0.29) is 30.9 Å². The van der Waals surface area contributed by atoms with Crippen molar-refractivity contribution in [2.45, 2.75) is 31.4 Å². The lowest BCUT2D eigenvalue weighted by Gasteiger charge is -2.29. The molecule has 1 fully saturated rings. The Hall–Kier alpha value is -2.43. The zero-order valence-electron chi connectivity index (χ0n) is 16.3. The van der Waals surface area contributed by atoms with Gasteiger partial charge in [-0.3, -0.25) is 4.57 Å². The molecule has 2 aromatic carbocycles. The van der Waals surface area contributed by atoms with Gasteiger partial charge in [0.15, 0.2) is 0 Å². The number of halogens is 1. The fourth-order valence-corrected chi connectivity index (χ4v) is 6.55. The molecule has 0 spiro atoms. The summed E-state index contributed by atoms with van der Waals surface area (Å²) in [5.74, 6) is -0.694. The van der Waals surface area contributed by atoms with E-state index in [0.717, 1.165) is 5.56 Å². The van der Waals surface area contributed by atoms with Crippen molar-refractivity contribution in [2.24, 2.45) is 5.92 Å². The summed E-state index contributed by atoms with van der Waals surface area (Å²) >= 11 is 0. The molecule has 0 bridgehead atoms. The van der Waals surface area contributed by atoms with Crippen LogP contribution in [0.5, 0.6) is 0 Å². The van der Waals surface area contributed by atoms with Crippen LogP contribution in [0.25, 0.3) is 0 Å². The van der Waals surface area contributed by atoms with E-state index in [1.807, 2.05) is 30.3 Å². The van der Waals surface area contributed by atoms with Gasteiger partial charge in [-0.2, -0.15) is 0 Å². The lowest BCUT2D eigenvalue weighted by atomic mass is 10.2. The van der Waals surface area contributed by atoms with Crippen molar-refractivity contribution in [3.05, 3.63) is 84.2 Å². The summed E-state index contributed by atoms with van der Waals surface area (Å²) in [6.45, 7) is 5.77. The fraction of sp³-hybridized carbons (Fsp3) is 0.318. The number of alkyl carbamates (subject to hydrolysis) is 1. The predicted molar refractivity (Wildman–Crippen MR) is 110 cm³/mol. The van der Waals surface area contributed by atoms with Gasteiger partial charge in [0.25, 0.3) is 0 Å². The number of carbonyl (C=O) groups is 1. The third-order valence-electron chi connectivity index (χ3n) is 5.08. The Balaban J connectivity index is 1.79. The Morgan fingerprint density at radius 1 is 1.28 bits per heavy atom. The van der Waals surface area contributed by atoms with Gasteiger partial charge in [-0.25, -0.2) is 9.18 Å². The van der Waals surface area contributed by atoms with Crippen LogP contribution in [0.2, 0.25) is 0 Å². The summed E-state index contributed by atoms with van der Waals surface area (Å²) in [4.78, 5) is 12.5. The van der Waals surface area contributed by atoms with E-state index in [1.165, 1.54) is 6.07 Å². The van der Waals surface area contributed by atoms with Gasteiger partial charge < -0.3 is 14.6 Å². The summed E-state index contributed by atoms with van der Waals surface area (Å²) < 4.78 is 39.1. The van der Waals surface area contributed by atoms with Gasteiger partial charge >= 0.3 is 6.09 Å². The summed E-state index contributed by atoms with van der Waals surface area (Å²) in [6.07, 6.45) is 1.25. The van der Waals surface area contributed by atoms with Crippen LogP contribution in [-0.2, 0) is 26.6 Å². The zero-order chi connectivity index (χ0) is 20.9. The average Bonchev–Trinajstić information content (AvgIpc) is 3.44. The fourth-order valence-electron chi connectivity index (χ4n) is 3.47. The number of rotatable bonds is 9. The van der Waals surface area contributed by atoms with E-state index < -0.39 is 24.6 Å². The van der Waals surface area contributed by atoms with Gasteiger partial charge in [-0.1, -0.05) is 54.6 Å². The molecule has 5 nitrogen and oxygen atoms in total. The van der Waals surface area contributed by atoms with Crippen molar-refractivity contribution in [1.29, 1.82) is 0 Å². The highest BCUT2D eigenvalue weighted by Crippen LogP contribution is 2.73. The maximum atomic E-state index is 14.2. The lowest BCUT2D eigenvalue weighted by Crippen LogP contribution is -2.39. The molecule has 3 atom stereocenters. The van der Waals surface area contributed by atoms with Crippen molar-refractivity contribution in [3.8, 4) is 0 Å². The van der Waals surface area contributed by atoms with Crippen LogP contribution in [0.1, 0.15) is 24.5 Å². The maximum absolute atomic E-state index is 14.2. The molecule has 0 heterocycles. The van der Waals surface area contributed by atoms with E-state index >= 15 is 0 Å². The lowest BCUT2D eigenvalue weighted by molar-refractivity contribution is 0.136. The van der Waals surface area contributed by atoms with Crippen LogP contribution in [0.15, 0.2) is 67.3 Å². The molecular formula is C22H25FNO4P. The Morgan fingerprint density at radius 2 is 1.97 bits per heavy atom. The van der Waals surface area contributed by atoms with Crippen LogP contribution in [-0.4, -0.2) is 18.0 Å². The minimum Gasteiger partial charge on any atom is -0.445 e. The highest BCUT2D eigenvalue weighted by atomic mass is 31.2. The van der Waals surface area contributed by atoms with Gasteiger partial charge in [-0.15, -0.1) is 6.58 Å². The second kappa shape index (κ2) is 8.93. The first-order chi connectivity index (χ1) is 13.9. The Kier molecular flexibility index (Phi) is 6.56. The van der Waals surface area contributed by atoms with Gasteiger partial charge in [0, 0.05) is 5.92 Å². The molecular weight excluding hydrogens is 392 g/mol. The molecule has 1 aliphatic rings. The molecule has 0 radical (unpaired) electrons. The Labute approximate surface area is 170 Å². The monoisotopic (exact) mass is 417 g/mol. The number of ether oxygens (including phenoxy) is 1. The SMILES string of the molecule is C=CC1CC1(NC(=O)OCc1ccccc1)P(=O)(Cc1ccccc1F)OCC. The van der Waals surface area contributed by atoms with Gasteiger partial charge in [0.2, 0.25) is 7.37 Å². The summed E-state index contributed by atoms with van der Waals surface area (Å²) in [5.41, 5.74) is 1.13. The van der Waals surface area contributed by atoms with E-state index in [0.29, 0.717) is 6.42 Å². The standard InChI is InChI=1S/C22H25FNO4P/c1-3-19-14-22(19,24-21(25)27-15-17-10-6-5-7-11-17)29(26,28-4-2)16-18-12-8-9-13-20(18)23/h3,5-13,19H,1,4,14-16H2,2H3,(H,24,25). The van der Waals surface area contributed by atoms with Gasteiger partial charge in [-0.05, 0) is 30.5 Å². The van der Waals surface area contributed by atoms with Crippen molar-refractivity contribution in [3.63, 3.8) is 0 Å². The number of benzene rings is 2. The highest BCUT2D eigenvalue weighted by molar-refractivity contribution is 7.60. The third-order valence-corrected chi connectivity index (χ3v) is 8.36. The third kappa shape index (κ3) is 4.60.